The monoisotopic (exact) mass is 784 g/mol. The molecule has 0 aliphatic carbocycles. The summed E-state index contributed by atoms with van der Waals surface area (Å²) in [6.07, 6.45) is 2.61. The first kappa shape index (κ1) is 38.5. The number of anilines is 8. The maximum absolute atomic E-state index is 12.6. The molecular formula is C32H40N12O8S2. The van der Waals surface area contributed by atoms with Gasteiger partial charge in [0, 0.05) is 65.7 Å². The fourth-order valence-corrected chi connectivity index (χ4v) is 6.83. The highest BCUT2D eigenvalue weighted by Crippen LogP contribution is 2.29. The Hall–Kier alpha value is -5.26. The van der Waals surface area contributed by atoms with E-state index in [4.69, 9.17) is 9.47 Å². The molecule has 2 aromatic carbocycles. The molecule has 22 heteroatoms. The van der Waals surface area contributed by atoms with Gasteiger partial charge < -0.3 is 39.7 Å². The zero-order chi connectivity index (χ0) is 38.6. The number of morpholine rings is 2. The summed E-state index contributed by atoms with van der Waals surface area (Å²) in [5, 5.41) is 5.98. The molecule has 4 heterocycles. The second kappa shape index (κ2) is 16.0. The third-order valence-corrected chi connectivity index (χ3v) is 9.97. The Labute approximate surface area is 312 Å². The third-order valence-electron chi connectivity index (χ3n) is 8.15. The normalized spacial score (nSPS) is 15.4. The zero-order valence-electron chi connectivity index (χ0n) is 29.9. The second-order valence-corrected chi connectivity index (χ2v) is 15.3. The SMILES string of the molecule is CN(C)c1nc(Nc2ccc(/C=C/c3ccc(Nc4nc(N(C)C)nc(N5CCOCC5)n4)cc3S(=O)(=O)O)c(S(=O)(=O)O)c2)nc(N2CCOCC2)n1. The van der Waals surface area contributed by atoms with Gasteiger partial charge in [-0.05, 0) is 35.4 Å². The highest BCUT2D eigenvalue weighted by Gasteiger charge is 2.22. The van der Waals surface area contributed by atoms with Gasteiger partial charge in [0.05, 0.1) is 26.4 Å². The lowest BCUT2D eigenvalue weighted by Crippen LogP contribution is -2.37. The topological polar surface area (TPSA) is 242 Å². The molecule has 2 aromatic heterocycles. The Morgan fingerprint density at radius 3 is 1.31 bits per heavy atom. The number of aromatic nitrogens is 6. The van der Waals surface area contributed by atoms with Gasteiger partial charge in [0.15, 0.2) is 0 Å². The van der Waals surface area contributed by atoms with Crippen LogP contribution in [0.15, 0.2) is 46.2 Å². The number of rotatable bonds is 12. The molecule has 20 nitrogen and oxygen atoms in total. The van der Waals surface area contributed by atoms with E-state index in [1.54, 1.807) is 50.1 Å². The van der Waals surface area contributed by atoms with Crippen LogP contribution in [0.2, 0.25) is 0 Å². The number of hydrogen-bond acceptors (Lipinski definition) is 18. The van der Waals surface area contributed by atoms with Crippen LogP contribution in [0.25, 0.3) is 12.2 Å². The van der Waals surface area contributed by atoms with Crippen LogP contribution < -0.4 is 30.2 Å². The molecule has 0 amide bonds. The molecule has 0 unspecified atom stereocenters. The van der Waals surface area contributed by atoms with E-state index in [1.807, 2.05) is 9.80 Å². The standard InChI is InChI=1S/C32H40N12O8S2/c1-41(2)29-35-27(37-31(39-29)43-11-15-51-16-12-43)33-23-9-7-21(25(19-23)53(45,46)47)5-6-22-8-10-24(20-26(22)54(48,49)50)34-28-36-30(42(3)4)40-32(38-28)44-13-17-52-18-14-44/h5-10,19-20H,11-18H2,1-4H3,(H,45,46,47)(H,48,49,50)(H,33,35,37,39)(H,34,36,38,40)/b6-5+. The molecular weight excluding hydrogens is 745 g/mol. The van der Waals surface area contributed by atoms with Crippen LogP contribution in [0.3, 0.4) is 0 Å². The Morgan fingerprint density at radius 1 is 0.611 bits per heavy atom. The summed E-state index contributed by atoms with van der Waals surface area (Å²) < 4.78 is 81.5. The maximum Gasteiger partial charge on any atom is 0.295 e. The van der Waals surface area contributed by atoms with E-state index in [0.717, 1.165) is 0 Å². The molecule has 4 aromatic rings. The lowest BCUT2D eigenvalue weighted by atomic mass is 10.1. The van der Waals surface area contributed by atoms with Gasteiger partial charge in [-0.1, -0.05) is 24.3 Å². The largest absolute Gasteiger partial charge is 0.378 e. The molecule has 6 rings (SSSR count). The van der Waals surface area contributed by atoms with Crippen molar-refractivity contribution in [3.05, 3.63) is 47.5 Å². The van der Waals surface area contributed by atoms with Crippen LogP contribution in [0, 0.1) is 0 Å². The molecule has 0 radical (unpaired) electrons. The van der Waals surface area contributed by atoms with Crippen molar-refractivity contribution in [2.75, 3.05) is 111 Å². The summed E-state index contributed by atoms with van der Waals surface area (Å²) in [4.78, 5) is 33.2. The predicted octanol–water partition coefficient (Wildman–Crippen LogP) is 2.01. The van der Waals surface area contributed by atoms with Crippen molar-refractivity contribution in [3.8, 4) is 0 Å². The molecule has 2 aliphatic rings. The van der Waals surface area contributed by atoms with Crippen molar-refractivity contribution in [2.24, 2.45) is 0 Å². The highest BCUT2D eigenvalue weighted by atomic mass is 32.2. The minimum absolute atomic E-state index is 0.0298. The van der Waals surface area contributed by atoms with Gasteiger partial charge in [0.1, 0.15) is 9.79 Å². The number of ether oxygens (including phenoxy) is 2. The van der Waals surface area contributed by atoms with Crippen molar-refractivity contribution >= 4 is 79.5 Å². The fraction of sp³-hybridized carbons (Fsp3) is 0.375. The molecule has 0 bridgehead atoms. The van der Waals surface area contributed by atoms with E-state index in [9.17, 15) is 25.9 Å². The van der Waals surface area contributed by atoms with E-state index in [-0.39, 0.29) is 34.4 Å². The second-order valence-electron chi connectivity index (χ2n) is 12.5. The Morgan fingerprint density at radius 2 is 0.981 bits per heavy atom. The molecule has 2 saturated heterocycles. The lowest BCUT2D eigenvalue weighted by molar-refractivity contribution is 0.122. The first-order chi connectivity index (χ1) is 25.6. The van der Waals surface area contributed by atoms with Gasteiger partial charge in [0.2, 0.25) is 35.7 Å². The van der Waals surface area contributed by atoms with Crippen molar-refractivity contribution in [2.45, 2.75) is 9.79 Å². The Bertz CT molecular complexity index is 2090. The van der Waals surface area contributed by atoms with Crippen LogP contribution in [0.5, 0.6) is 0 Å². The van der Waals surface area contributed by atoms with E-state index < -0.39 is 30.0 Å². The summed E-state index contributed by atoms with van der Waals surface area (Å²) in [6, 6.07) is 8.30. The van der Waals surface area contributed by atoms with E-state index in [0.29, 0.717) is 76.4 Å². The molecule has 4 N–H and O–H groups in total. The Balaban J connectivity index is 1.28. The van der Waals surface area contributed by atoms with Gasteiger partial charge >= 0.3 is 0 Å². The minimum atomic E-state index is -4.79. The first-order valence-electron chi connectivity index (χ1n) is 16.6. The molecule has 0 atom stereocenters. The maximum atomic E-state index is 12.6. The molecule has 2 aliphatic heterocycles. The Kier molecular flexibility index (Phi) is 11.4. The minimum Gasteiger partial charge on any atom is -0.378 e. The van der Waals surface area contributed by atoms with Gasteiger partial charge in [-0.2, -0.15) is 46.7 Å². The van der Waals surface area contributed by atoms with E-state index >= 15 is 0 Å². The van der Waals surface area contributed by atoms with Crippen LogP contribution >= 0.6 is 0 Å². The van der Waals surface area contributed by atoms with Gasteiger partial charge in [0.25, 0.3) is 20.2 Å². The summed E-state index contributed by atoms with van der Waals surface area (Å²) in [5.74, 6) is 1.83. The summed E-state index contributed by atoms with van der Waals surface area (Å²) in [7, 11) is -2.48. The zero-order valence-corrected chi connectivity index (χ0v) is 31.5. The van der Waals surface area contributed by atoms with Crippen LogP contribution in [0.4, 0.5) is 47.1 Å². The summed E-state index contributed by atoms with van der Waals surface area (Å²) in [6.45, 7) is 4.37. The quantitative estimate of drug-likeness (QED) is 0.119. The number of nitrogens with zero attached hydrogens (tertiary/aromatic N) is 10. The van der Waals surface area contributed by atoms with Crippen molar-refractivity contribution < 1.29 is 35.4 Å². The average Bonchev–Trinajstić information content (AvgIpc) is 3.14. The number of nitrogens with one attached hydrogen (secondary N) is 2. The van der Waals surface area contributed by atoms with Crippen LogP contribution in [0.1, 0.15) is 11.1 Å². The van der Waals surface area contributed by atoms with Gasteiger partial charge in [-0.3, -0.25) is 9.11 Å². The molecule has 2 fully saturated rings. The fourth-order valence-electron chi connectivity index (χ4n) is 5.41. The van der Waals surface area contributed by atoms with E-state index in [1.165, 1.54) is 36.4 Å². The lowest BCUT2D eigenvalue weighted by Gasteiger charge is -2.27. The van der Waals surface area contributed by atoms with Crippen molar-refractivity contribution in [3.63, 3.8) is 0 Å². The highest BCUT2D eigenvalue weighted by molar-refractivity contribution is 7.86. The number of benzene rings is 2. The van der Waals surface area contributed by atoms with Gasteiger partial charge in [-0.15, -0.1) is 0 Å². The van der Waals surface area contributed by atoms with Gasteiger partial charge in [-0.25, -0.2) is 0 Å². The molecule has 0 spiro atoms. The molecule has 0 saturated carbocycles. The van der Waals surface area contributed by atoms with Crippen molar-refractivity contribution in [1.82, 2.24) is 29.9 Å². The average molecular weight is 785 g/mol. The van der Waals surface area contributed by atoms with Crippen molar-refractivity contribution in [1.29, 1.82) is 0 Å². The first-order valence-corrected chi connectivity index (χ1v) is 19.5. The van der Waals surface area contributed by atoms with Crippen LogP contribution in [-0.2, 0) is 29.7 Å². The molecule has 288 valence electrons. The molecule has 54 heavy (non-hydrogen) atoms. The smallest absolute Gasteiger partial charge is 0.295 e. The van der Waals surface area contributed by atoms with Crippen LogP contribution in [-0.4, -0.2) is 137 Å². The summed E-state index contributed by atoms with van der Waals surface area (Å²) in [5.41, 5.74) is 0.541. The third kappa shape index (κ3) is 9.45. The summed E-state index contributed by atoms with van der Waals surface area (Å²) >= 11 is 0. The predicted molar refractivity (Wildman–Crippen MR) is 202 cm³/mol. The van der Waals surface area contributed by atoms with E-state index in [2.05, 4.69) is 40.5 Å². The number of hydrogen-bond donors (Lipinski definition) is 4.